The van der Waals surface area contributed by atoms with Gasteiger partial charge in [0.2, 0.25) is 5.91 Å². The molecule has 0 rings (SSSR count). The fraction of sp³-hybridized carbons (Fsp3) is 0.667. The minimum Gasteiger partial charge on any atom is -0.463 e. The monoisotopic (exact) mass is 832 g/mol. The van der Waals surface area contributed by atoms with Gasteiger partial charge in [0.1, 0.15) is 12.7 Å². The highest BCUT2D eigenvalue weighted by Gasteiger charge is 2.23. The van der Waals surface area contributed by atoms with E-state index in [4.69, 9.17) is 13.8 Å². The molecule has 0 heterocycles. The summed E-state index contributed by atoms with van der Waals surface area (Å²) < 4.78 is 26.9. The zero-order chi connectivity index (χ0) is 42.5. The quantitative estimate of drug-likeness (QED) is 0.0240. The molecule has 0 bridgehead atoms. The number of allylic oxidation sites excluding steroid dienone is 14. The molecule has 1 amide bonds. The van der Waals surface area contributed by atoms with E-state index in [-0.39, 0.29) is 32.1 Å². The molecule has 3 N–H and O–H groups in total. The second kappa shape index (κ2) is 43.8. The molecule has 9 nitrogen and oxygen atoms in total. The predicted molar refractivity (Wildman–Crippen MR) is 242 cm³/mol. The number of phosphoric acid groups is 1. The van der Waals surface area contributed by atoms with Crippen LogP contribution in [0.25, 0.3) is 0 Å². The molecule has 332 valence electrons. The van der Waals surface area contributed by atoms with Crippen molar-refractivity contribution in [1.82, 2.24) is 5.32 Å². The highest BCUT2D eigenvalue weighted by atomic mass is 31.2. The smallest absolute Gasteiger partial charge is 0.463 e. The first-order valence-electron chi connectivity index (χ1n) is 22.6. The second-order valence-corrected chi connectivity index (χ2v) is 16.1. The molecule has 0 aromatic heterocycles. The number of ether oxygens (including phenoxy) is 1. The summed E-state index contributed by atoms with van der Waals surface area (Å²) in [7, 11) is -4.43. The fourth-order valence-electron chi connectivity index (χ4n) is 5.67. The van der Waals surface area contributed by atoms with Gasteiger partial charge in [-0.15, -0.1) is 0 Å². The number of carbonyl (C=O) groups is 2. The third-order valence-corrected chi connectivity index (χ3v) is 10.0. The highest BCUT2D eigenvalue weighted by molar-refractivity contribution is 7.47. The van der Waals surface area contributed by atoms with Crippen molar-refractivity contribution in [3.05, 3.63) is 85.1 Å². The Balaban J connectivity index is 3.69. The van der Waals surface area contributed by atoms with Crippen molar-refractivity contribution in [3.8, 4) is 0 Å². The zero-order valence-electron chi connectivity index (χ0n) is 36.5. The minimum atomic E-state index is -4.43. The summed E-state index contributed by atoms with van der Waals surface area (Å²) in [6.45, 7) is 3.37. The first-order chi connectivity index (χ1) is 28.3. The van der Waals surface area contributed by atoms with Crippen molar-refractivity contribution in [3.63, 3.8) is 0 Å². The van der Waals surface area contributed by atoms with Crippen LogP contribution in [0, 0.1) is 0 Å². The van der Waals surface area contributed by atoms with E-state index >= 15 is 0 Å². The van der Waals surface area contributed by atoms with Gasteiger partial charge in [0.15, 0.2) is 0 Å². The fourth-order valence-corrected chi connectivity index (χ4v) is 6.43. The number of hydrogen-bond donors (Lipinski definition) is 3. The molecular formula is C48H82NO8P. The van der Waals surface area contributed by atoms with Gasteiger partial charge in [0.05, 0.1) is 13.2 Å². The first kappa shape index (κ1) is 55.2. The lowest BCUT2D eigenvalue weighted by Gasteiger charge is -2.15. The van der Waals surface area contributed by atoms with Crippen molar-refractivity contribution in [2.75, 3.05) is 26.4 Å². The van der Waals surface area contributed by atoms with E-state index in [1.165, 1.54) is 44.9 Å². The van der Waals surface area contributed by atoms with Gasteiger partial charge in [0, 0.05) is 19.4 Å². The number of phosphoric ester groups is 1. The van der Waals surface area contributed by atoms with Crippen LogP contribution in [0.5, 0.6) is 0 Å². The van der Waals surface area contributed by atoms with Gasteiger partial charge in [-0.3, -0.25) is 18.6 Å². The highest BCUT2D eigenvalue weighted by Crippen LogP contribution is 2.42. The molecule has 2 unspecified atom stereocenters. The maximum Gasteiger partial charge on any atom is 0.472 e. The van der Waals surface area contributed by atoms with Crippen molar-refractivity contribution in [2.45, 2.75) is 180 Å². The van der Waals surface area contributed by atoms with Crippen LogP contribution < -0.4 is 5.32 Å². The molecule has 0 saturated carbocycles. The van der Waals surface area contributed by atoms with Crippen molar-refractivity contribution in [1.29, 1.82) is 0 Å². The van der Waals surface area contributed by atoms with Crippen LogP contribution in [0.3, 0.4) is 0 Å². The molecule has 58 heavy (non-hydrogen) atoms. The number of rotatable bonds is 41. The van der Waals surface area contributed by atoms with Crippen LogP contribution in [-0.4, -0.2) is 54.3 Å². The summed E-state index contributed by atoms with van der Waals surface area (Å²) in [4.78, 5) is 33.9. The Morgan fingerprint density at radius 1 is 0.552 bits per heavy atom. The molecule has 0 aromatic carbocycles. The SMILES string of the molecule is CC/C=C\C/C=C\C/C=C\C/C=C\C/C=C\C/C=C\CCCCCCC(=O)OCC(O)COP(=O)(O)OCCNC(=O)CCCCCCC/C=C\CCCCCCC. The van der Waals surface area contributed by atoms with E-state index in [2.05, 4.69) is 104 Å². The lowest BCUT2D eigenvalue weighted by Crippen LogP contribution is -2.27. The normalized spacial score (nSPS) is 14.1. The van der Waals surface area contributed by atoms with Gasteiger partial charge < -0.3 is 20.1 Å². The summed E-state index contributed by atoms with van der Waals surface area (Å²) >= 11 is 0. The Hall–Kier alpha value is -2.81. The van der Waals surface area contributed by atoms with Gasteiger partial charge in [-0.25, -0.2) is 4.57 Å². The number of esters is 1. The largest absolute Gasteiger partial charge is 0.472 e. The van der Waals surface area contributed by atoms with Crippen LogP contribution in [0.15, 0.2) is 85.1 Å². The standard InChI is InChI=1S/C48H82NO8P/c1-3-5-7-9-11-13-15-17-19-20-21-22-23-24-25-26-27-29-31-33-35-37-39-41-48(52)55-44-46(50)45-57-58(53,54)56-43-42-49-47(51)40-38-36-34-32-30-28-18-16-14-12-10-8-6-4-2/h5,7,11,13,16-19,21-22,24-25,27,29,46,50H,3-4,6,8-10,12,14-15,20,23,26,28,30-45H2,1-2H3,(H,49,51)(H,53,54)/b7-5-,13-11-,18-16-,19-17-,22-21-,25-24-,29-27-. The Morgan fingerprint density at radius 3 is 1.50 bits per heavy atom. The van der Waals surface area contributed by atoms with Gasteiger partial charge in [-0.05, 0) is 89.9 Å². The van der Waals surface area contributed by atoms with Crippen molar-refractivity contribution < 1.29 is 37.9 Å². The Bertz CT molecular complexity index is 1220. The number of aliphatic hydroxyl groups is 1. The third-order valence-electron chi connectivity index (χ3n) is 9.06. The average molecular weight is 832 g/mol. The zero-order valence-corrected chi connectivity index (χ0v) is 37.4. The summed E-state index contributed by atoms with van der Waals surface area (Å²) in [5.74, 6) is -0.556. The van der Waals surface area contributed by atoms with Crippen LogP contribution in [0.2, 0.25) is 0 Å². The summed E-state index contributed by atoms with van der Waals surface area (Å²) in [6.07, 6.45) is 55.1. The molecule has 2 atom stereocenters. The number of carbonyl (C=O) groups excluding carboxylic acids is 2. The maximum atomic E-state index is 12.1. The number of nitrogens with one attached hydrogen (secondary N) is 1. The lowest BCUT2D eigenvalue weighted by molar-refractivity contribution is -0.147. The second-order valence-electron chi connectivity index (χ2n) is 14.6. The Kier molecular flexibility index (Phi) is 41.6. The van der Waals surface area contributed by atoms with E-state index in [9.17, 15) is 24.2 Å². The molecule has 0 saturated heterocycles. The van der Waals surface area contributed by atoms with Gasteiger partial charge in [-0.1, -0.05) is 157 Å². The number of unbranched alkanes of at least 4 members (excludes halogenated alkanes) is 14. The number of hydrogen-bond acceptors (Lipinski definition) is 7. The van der Waals surface area contributed by atoms with Crippen LogP contribution in [-0.2, 0) is 27.9 Å². The molecule has 0 aliphatic rings. The summed E-state index contributed by atoms with van der Waals surface area (Å²) in [5, 5.41) is 12.7. The van der Waals surface area contributed by atoms with Crippen molar-refractivity contribution in [2.24, 2.45) is 0 Å². The number of amides is 1. The summed E-state index contributed by atoms with van der Waals surface area (Å²) in [6, 6.07) is 0. The van der Waals surface area contributed by atoms with E-state index in [1.54, 1.807) is 0 Å². The Morgan fingerprint density at radius 2 is 0.983 bits per heavy atom. The molecule has 10 heteroatoms. The van der Waals surface area contributed by atoms with Crippen molar-refractivity contribution >= 4 is 19.7 Å². The first-order valence-corrected chi connectivity index (χ1v) is 24.1. The molecule has 0 fully saturated rings. The van der Waals surface area contributed by atoms with Gasteiger partial charge in [0.25, 0.3) is 0 Å². The summed E-state index contributed by atoms with van der Waals surface area (Å²) in [5.41, 5.74) is 0. The van der Waals surface area contributed by atoms with Gasteiger partial charge in [-0.2, -0.15) is 0 Å². The maximum absolute atomic E-state index is 12.1. The minimum absolute atomic E-state index is 0.0698. The molecule has 0 spiro atoms. The van der Waals surface area contributed by atoms with E-state index < -0.39 is 26.5 Å². The average Bonchev–Trinajstić information content (AvgIpc) is 3.21. The van der Waals surface area contributed by atoms with Crippen LogP contribution in [0.1, 0.15) is 174 Å². The van der Waals surface area contributed by atoms with E-state index in [0.29, 0.717) is 12.8 Å². The van der Waals surface area contributed by atoms with Gasteiger partial charge >= 0.3 is 13.8 Å². The molecule has 0 aliphatic heterocycles. The lowest BCUT2D eigenvalue weighted by atomic mass is 10.1. The molecule has 0 radical (unpaired) electrons. The van der Waals surface area contributed by atoms with Crippen LogP contribution >= 0.6 is 7.82 Å². The molecule has 0 aliphatic carbocycles. The third kappa shape index (κ3) is 44.3. The topological polar surface area (TPSA) is 131 Å². The van der Waals surface area contributed by atoms with E-state index in [1.807, 2.05) is 0 Å². The molecule has 0 aromatic rings. The van der Waals surface area contributed by atoms with E-state index in [0.717, 1.165) is 96.3 Å². The molecular weight excluding hydrogens is 750 g/mol. The predicted octanol–water partition coefficient (Wildman–Crippen LogP) is 12.8. The Labute approximate surface area is 353 Å². The van der Waals surface area contributed by atoms with Crippen LogP contribution in [0.4, 0.5) is 0 Å². The number of aliphatic hydroxyl groups excluding tert-OH is 1.